The van der Waals surface area contributed by atoms with Crippen molar-refractivity contribution in [3.63, 3.8) is 0 Å². The van der Waals surface area contributed by atoms with Gasteiger partial charge in [-0.15, -0.1) is 11.3 Å². The number of H-pyrrole nitrogens is 1. The second kappa shape index (κ2) is 9.70. The number of aromatic nitrogens is 4. The summed E-state index contributed by atoms with van der Waals surface area (Å²) in [7, 11) is 0. The lowest BCUT2D eigenvalue weighted by molar-refractivity contribution is -0.117. The summed E-state index contributed by atoms with van der Waals surface area (Å²) in [5.41, 5.74) is 1.14. The van der Waals surface area contributed by atoms with Crippen molar-refractivity contribution in [2.45, 2.75) is 45.6 Å². The Morgan fingerprint density at radius 3 is 2.75 bits per heavy atom. The first-order valence-electron chi connectivity index (χ1n) is 10.6. The molecule has 1 aliphatic rings. The molecule has 0 fully saturated rings. The van der Waals surface area contributed by atoms with Gasteiger partial charge in [0.1, 0.15) is 11.4 Å². The Morgan fingerprint density at radius 2 is 2.09 bits per heavy atom. The second-order valence-corrected chi connectivity index (χ2v) is 9.06. The fourth-order valence-corrected chi connectivity index (χ4v) is 4.94. The zero-order valence-corrected chi connectivity index (χ0v) is 19.4. The molecule has 0 saturated heterocycles. The normalized spacial score (nSPS) is 16.3. The maximum Gasteiger partial charge on any atom is 0.366 e. The van der Waals surface area contributed by atoms with Crippen molar-refractivity contribution >= 4 is 40.1 Å². The molecule has 10 heteroatoms. The average molecular weight is 474 g/mol. The van der Waals surface area contributed by atoms with Crippen LogP contribution >= 0.6 is 22.9 Å². The molecule has 0 spiro atoms. The van der Waals surface area contributed by atoms with Gasteiger partial charge in [-0.2, -0.15) is 4.68 Å². The number of unbranched alkanes of at least 4 members (excludes halogenated alkanes) is 1. The van der Waals surface area contributed by atoms with E-state index >= 15 is 0 Å². The van der Waals surface area contributed by atoms with E-state index in [-0.39, 0.29) is 11.7 Å². The number of carbonyl (C=O) groups excluding carboxylic acids is 1. The summed E-state index contributed by atoms with van der Waals surface area (Å²) < 4.78 is 6.75. The fourth-order valence-electron chi connectivity index (χ4n) is 3.63. The highest BCUT2D eigenvalue weighted by atomic mass is 35.5. The molecule has 32 heavy (non-hydrogen) atoms. The number of aromatic amines is 1. The number of nitrogens with zero attached hydrogens (tertiary/aromatic N) is 3. The Morgan fingerprint density at radius 1 is 1.25 bits per heavy atom. The summed E-state index contributed by atoms with van der Waals surface area (Å²) in [5, 5.41) is 13.1. The minimum atomic E-state index is -0.565. The third-order valence-electron chi connectivity index (χ3n) is 5.32. The van der Waals surface area contributed by atoms with E-state index in [1.165, 1.54) is 4.88 Å². The molecule has 0 radical (unpaired) electrons. The lowest BCUT2D eigenvalue weighted by atomic mass is 9.92. The molecule has 1 amide bonds. The standard InChI is InChI=1S/C22H24ClN5O3S/c1-3-5-10-31-13-6-8-15(17(23)11-13)18-12-16(19-9-7-14(4-2)32-19)20(21(29)24-18)28-22(30)25-26-27-28/h6-9,11,18H,3-5,10,12H2,1-2H3,(H,24,29)(H,25,27,30)/t18-/m0/s1. The SMILES string of the molecule is CCCCOc1ccc([C@@H]2CC(c3ccc(CC)s3)=C(n3nn[nH]c3=O)C(=O)N2)c(Cl)c1. The van der Waals surface area contributed by atoms with Crippen LogP contribution in [0.5, 0.6) is 5.75 Å². The van der Waals surface area contributed by atoms with Crippen molar-refractivity contribution in [2.24, 2.45) is 0 Å². The van der Waals surface area contributed by atoms with E-state index in [0.29, 0.717) is 23.8 Å². The van der Waals surface area contributed by atoms with Crippen molar-refractivity contribution in [1.29, 1.82) is 0 Å². The van der Waals surface area contributed by atoms with Crippen LogP contribution in [0.2, 0.25) is 5.02 Å². The summed E-state index contributed by atoms with van der Waals surface area (Å²) in [6.07, 6.45) is 3.36. The van der Waals surface area contributed by atoms with Gasteiger partial charge < -0.3 is 10.1 Å². The number of halogens is 1. The number of aryl methyl sites for hydroxylation is 1. The number of amides is 1. The molecule has 2 aromatic heterocycles. The van der Waals surface area contributed by atoms with E-state index in [1.807, 2.05) is 24.3 Å². The molecule has 8 nitrogen and oxygen atoms in total. The van der Waals surface area contributed by atoms with Gasteiger partial charge in [-0.3, -0.25) is 4.79 Å². The maximum atomic E-state index is 13.2. The van der Waals surface area contributed by atoms with E-state index in [4.69, 9.17) is 16.3 Å². The quantitative estimate of drug-likeness (QED) is 0.480. The second-order valence-electron chi connectivity index (χ2n) is 7.48. The molecular weight excluding hydrogens is 450 g/mol. The van der Waals surface area contributed by atoms with Crippen molar-refractivity contribution in [1.82, 2.24) is 25.5 Å². The van der Waals surface area contributed by atoms with E-state index in [0.717, 1.165) is 40.0 Å². The Labute approximate surface area is 194 Å². The molecule has 0 saturated carbocycles. The number of hydrogen-bond acceptors (Lipinski definition) is 6. The van der Waals surface area contributed by atoms with Crippen molar-refractivity contribution in [3.05, 3.63) is 61.2 Å². The Bertz CT molecular complexity index is 1210. The van der Waals surface area contributed by atoms with Gasteiger partial charge >= 0.3 is 5.69 Å². The van der Waals surface area contributed by atoms with Gasteiger partial charge in [0, 0.05) is 26.8 Å². The molecule has 0 bridgehead atoms. The van der Waals surface area contributed by atoms with Crippen LogP contribution in [0.4, 0.5) is 0 Å². The lowest BCUT2D eigenvalue weighted by Gasteiger charge is -2.28. The highest BCUT2D eigenvalue weighted by Gasteiger charge is 2.33. The summed E-state index contributed by atoms with van der Waals surface area (Å²) in [6, 6.07) is 9.18. The third kappa shape index (κ3) is 4.49. The smallest absolute Gasteiger partial charge is 0.366 e. The number of rotatable bonds is 8. The number of hydrogen-bond donors (Lipinski definition) is 2. The Hall–Kier alpha value is -2.91. The lowest BCUT2D eigenvalue weighted by Crippen LogP contribution is -2.38. The van der Waals surface area contributed by atoms with Gasteiger partial charge in [-0.05, 0) is 53.1 Å². The highest BCUT2D eigenvalue weighted by molar-refractivity contribution is 7.13. The fraction of sp³-hybridized carbons (Fsp3) is 0.364. The summed E-state index contributed by atoms with van der Waals surface area (Å²) in [6.45, 7) is 4.81. The van der Waals surface area contributed by atoms with Crippen molar-refractivity contribution in [3.8, 4) is 5.75 Å². The molecule has 2 N–H and O–H groups in total. The Balaban J connectivity index is 1.71. The molecule has 0 unspecified atom stereocenters. The van der Waals surface area contributed by atoms with Crippen molar-refractivity contribution < 1.29 is 9.53 Å². The van der Waals surface area contributed by atoms with Crippen LogP contribution < -0.4 is 15.7 Å². The maximum absolute atomic E-state index is 13.2. The first kappa shape index (κ1) is 22.3. The van der Waals surface area contributed by atoms with E-state index in [9.17, 15) is 9.59 Å². The van der Waals surface area contributed by atoms with Crippen molar-refractivity contribution in [2.75, 3.05) is 6.61 Å². The van der Waals surface area contributed by atoms with E-state index < -0.39 is 11.6 Å². The number of thiophene rings is 1. The minimum absolute atomic E-state index is 0.181. The van der Waals surface area contributed by atoms with Crippen LogP contribution in [-0.4, -0.2) is 32.7 Å². The van der Waals surface area contributed by atoms with E-state index in [1.54, 1.807) is 17.4 Å². The zero-order chi connectivity index (χ0) is 22.7. The van der Waals surface area contributed by atoms with Crippen LogP contribution in [0.15, 0.2) is 35.1 Å². The molecular formula is C22H24ClN5O3S. The number of ether oxygens (including phenoxy) is 1. The van der Waals surface area contributed by atoms with Crippen LogP contribution in [0, 0.1) is 0 Å². The molecule has 4 rings (SSSR count). The molecule has 168 valence electrons. The molecule has 1 atom stereocenters. The van der Waals surface area contributed by atoms with Crippen LogP contribution in [0.3, 0.4) is 0 Å². The Kier molecular flexibility index (Phi) is 6.76. The highest BCUT2D eigenvalue weighted by Crippen LogP contribution is 2.40. The molecule has 3 aromatic rings. The van der Waals surface area contributed by atoms with E-state index in [2.05, 4.69) is 34.7 Å². The van der Waals surface area contributed by atoms with Crippen LogP contribution in [-0.2, 0) is 11.2 Å². The number of benzene rings is 1. The zero-order valence-electron chi connectivity index (χ0n) is 17.9. The van der Waals surface area contributed by atoms with Gasteiger partial charge in [0.25, 0.3) is 5.91 Å². The average Bonchev–Trinajstić information content (AvgIpc) is 3.42. The van der Waals surface area contributed by atoms with Gasteiger partial charge in [-0.25, -0.2) is 9.89 Å². The molecule has 1 aromatic carbocycles. The van der Waals surface area contributed by atoms with Gasteiger partial charge in [0.2, 0.25) is 0 Å². The number of nitrogens with one attached hydrogen (secondary N) is 2. The summed E-state index contributed by atoms with van der Waals surface area (Å²) >= 11 is 8.18. The monoisotopic (exact) mass is 473 g/mol. The number of tetrazole rings is 1. The largest absolute Gasteiger partial charge is 0.494 e. The van der Waals surface area contributed by atoms with Gasteiger partial charge in [0.05, 0.1) is 12.6 Å². The predicted octanol–water partition coefficient (Wildman–Crippen LogP) is 4.05. The summed E-state index contributed by atoms with van der Waals surface area (Å²) in [5.74, 6) is 0.295. The first-order chi connectivity index (χ1) is 15.5. The van der Waals surface area contributed by atoms with Gasteiger partial charge in [0.15, 0.2) is 0 Å². The topological polar surface area (TPSA) is 102 Å². The molecule has 1 aliphatic heterocycles. The summed E-state index contributed by atoms with van der Waals surface area (Å²) in [4.78, 5) is 27.5. The molecule has 3 heterocycles. The van der Waals surface area contributed by atoms with Crippen LogP contribution in [0.1, 0.15) is 54.5 Å². The number of carbonyl (C=O) groups is 1. The van der Waals surface area contributed by atoms with Crippen LogP contribution in [0.25, 0.3) is 11.3 Å². The third-order valence-corrected chi connectivity index (χ3v) is 6.94. The molecule has 0 aliphatic carbocycles. The minimum Gasteiger partial charge on any atom is -0.494 e. The first-order valence-corrected chi connectivity index (χ1v) is 11.8. The predicted molar refractivity (Wildman–Crippen MR) is 125 cm³/mol. The van der Waals surface area contributed by atoms with Gasteiger partial charge in [-0.1, -0.05) is 37.9 Å².